The van der Waals surface area contributed by atoms with Crippen LogP contribution in [0.25, 0.3) is 0 Å². The summed E-state index contributed by atoms with van der Waals surface area (Å²) in [5, 5.41) is 11.8. The van der Waals surface area contributed by atoms with E-state index in [1.54, 1.807) is 49.4 Å². The first-order valence-corrected chi connectivity index (χ1v) is 7.70. The van der Waals surface area contributed by atoms with Gasteiger partial charge in [0.05, 0.1) is 11.6 Å². The standard InChI is InChI=1S/C18H15ClN2O4/c1-12-8-14(19)4-7-16(12)24-11-18(23)25-10-17(22)21-15-5-2-13(9-20)3-6-15/h2-8H,10-11H2,1H3,(H,21,22). The smallest absolute Gasteiger partial charge is 0.344 e. The van der Waals surface area contributed by atoms with Gasteiger partial charge >= 0.3 is 5.97 Å². The Bertz CT molecular complexity index is 813. The maximum absolute atomic E-state index is 11.7. The van der Waals surface area contributed by atoms with E-state index in [0.29, 0.717) is 22.0 Å². The molecule has 6 nitrogen and oxygen atoms in total. The van der Waals surface area contributed by atoms with Gasteiger partial charge in [-0.15, -0.1) is 0 Å². The van der Waals surface area contributed by atoms with Crippen LogP contribution in [0.2, 0.25) is 5.02 Å². The summed E-state index contributed by atoms with van der Waals surface area (Å²) >= 11 is 5.84. The molecule has 2 rings (SSSR count). The minimum absolute atomic E-state index is 0.313. The fraction of sp³-hybridized carbons (Fsp3) is 0.167. The van der Waals surface area contributed by atoms with Crippen molar-refractivity contribution in [1.82, 2.24) is 0 Å². The topological polar surface area (TPSA) is 88.4 Å². The molecule has 0 aliphatic heterocycles. The van der Waals surface area contributed by atoms with E-state index in [1.165, 1.54) is 0 Å². The molecule has 0 atom stereocenters. The molecule has 0 fully saturated rings. The normalized spacial score (nSPS) is 9.80. The van der Waals surface area contributed by atoms with E-state index in [-0.39, 0.29) is 6.61 Å². The molecule has 0 aromatic heterocycles. The van der Waals surface area contributed by atoms with Crippen molar-refractivity contribution in [1.29, 1.82) is 5.26 Å². The Morgan fingerprint density at radius 1 is 1.16 bits per heavy atom. The molecule has 0 unspecified atom stereocenters. The molecular formula is C18H15ClN2O4. The number of benzene rings is 2. The summed E-state index contributed by atoms with van der Waals surface area (Å²) in [5.74, 6) is -0.631. The highest BCUT2D eigenvalue weighted by molar-refractivity contribution is 6.30. The van der Waals surface area contributed by atoms with E-state index < -0.39 is 18.5 Å². The molecule has 2 aromatic rings. The molecule has 1 amide bonds. The van der Waals surface area contributed by atoms with Crippen LogP contribution >= 0.6 is 11.6 Å². The lowest BCUT2D eigenvalue weighted by Crippen LogP contribution is -2.23. The van der Waals surface area contributed by atoms with Crippen molar-refractivity contribution in [3.8, 4) is 11.8 Å². The van der Waals surface area contributed by atoms with Crippen molar-refractivity contribution in [2.45, 2.75) is 6.92 Å². The largest absolute Gasteiger partial charge is 0.482 e. The Morgan fingerprint density at radius 2 is 1.88 bits per heavy atom. The van der Waals surface area contributed by atoms with Gasteiger partial charge in [0.25, 0.3) is 5.91 Å². The van der Waals surface area contributed by atoms with Gasteiger partial charge in [0.2, 0.25) is 0 Å². The van der Waals surface area contributed by atoms with Gasteiger partial charge in [-0.1, -0.05) is 11.6 Å². The van der Waals surface area contributed by atoms with Gasteiger partial charge in [-0.2, -0.15) is 5.26 Å². The molecule has 2 aromatic carbocycles. The maximum atomic E-state index is 11.7. The lowest BCUT2D eigenvalue weighted by molar-refractivity contribution is -0.149. The first kappa shape index (κ1) is 18.3. The van der Waals surface area contributed by atoms with Gasteiger partial charge < -0.3 is 14.8 Å². The number of hydrogen-bond donors (Lipinski definition) is 1. The Balaban J connectivity index is 1.75. The summed E-state index contributed by atoms with van der Waals surface area (Å²) in [6.45, 7) is 1.06. The first-order valence-electron chi connectivity index (χ1n) is 7.32. The molecule has 0 saturated heterocycles. The van der Waals surface area contributed by atoms with Gasteiger partial charge in [-0.3, -0.25) is 4.79 Å². The minimum atomic E-state index is -0.663. The summed E-state index contributed by atoms with van der Waals surface area (Å²) in [7, 11) is 0. The minimum Gasteiger partial charge on any atom is -0.482 e. The van der Waals surface area contributed by atoms with Crippen LogP contribution < -0.4 is 10.1 Å². The fourth-order valence-corrected chi connectivity index (χ4v) is 2.15. The van der Waals surface area contributed by atoms with Crippen molar-refractivity contribution in [3.63, 3.8) is 0 Å². The van der Waals surface area contributed by atoms with Crippen LogP contribution in [0.4, 0.5) is 5.69 Å². The lowest BCUT2D eigenvalue weighted by atomic mass is 10.2. The van der Waals surface area contributed by atoms with Crippen molar-refractivity contribution < 1.29 is 19.1 Å². The Morgan fingerprint density at radius 3 is 2.52 bits per heavy atom. The highest BCUT2D eigenvalue weighted by atomic mass is 35.5. The number of rotatable bonds is 6. The molecule has 0 spiro atoms. The average Bonchev–Trinajstić information content (AvgIpc) is 2.60. The summed E-state index contributed by atoms with van der Waals surface area (Å²) in [5.41, 5.74) is 1.78. The van der Waals surface area contributed by atoms with Crippen LogP contribution in [0.1, 0.15) is 11.1 Å². The molecule has 1 N–H and O–H groups in total. The summed E-state index contributed by atoms with van der Waals surface area (Å²) in [4.78, 5) is 23.4. The summed E-state index contributed by atoms with van der Waals surface area (Å²) < 4.78 is 10.2. The van der Waals surface area contributed by atoms with Crippen molar-refractivity contribution in [2.75, 3.05) is 18.5 Å². The molecule has 0 radical (unpaired) electrons. The number of hydrogen-bond acceptors (Lipinski definition) is 5. The van der Waals surface area contributed by atoms with Crippen LogP contribution in [-0.4, -0.2) is 25.1 Å². The zero-order chi connectivity index (χ0) is 18.2. The fourth-order valence-electron chi connectivity index (χ4n) is 1.92. The number of carbonyl (C=O) groups is 2. The maximum Gasteiger partial charge on any atom is 0.344 e. The van der Waals surface area contributed by atoms with E-state index in [9.17, 15) is 9.59 Å². The SMILES string of the molecule is Cc1cc(Cl)ccc1OCC(=O)OCC(=O)Nc1ccc(C#N)cc1. The number of carbonyl (C=O) groups excluding carboxylic acids is 2. The van der Waals surface area contributed by atoms with Crippen molar-refractivity contribution in [2.24, 2.45) is 0 Å². The number of nitriles is 1. The summed E-state index contributed by atoms with van der Waals surface area (Å²) in [6.07, 6.45) is 0. The molecule has 25 heavy (non-hydrogen) atoms. The van der Waals surface area contributed by atoms with E-state index >= 15 is 0 Å². The quantitative estimate of drug-likeness (QED) is 0.801. The monoisotopic (exact) mass is 358 g/mol. The third-order valence-corrected chi connectivity index (χ3v) is 3.38. The second kappa shape index (κ2) is 8.71. The van der Waals surface area contributed by atoms with Crippen LogP contribution in [0.5, 0.6) is 5.75 Å². The number of ether oxygens (including phenoxy) is 2. The van der Waals surface area contributed by atoms with E-state index in [0.717, 1.165) is 5.56 Å². The molecule has 0 saturated carbocycles. The zero-order valence-corrected chi connectivity index (χ0v) is 14.2. The molecule has 7 heteroatoms. The molecule has 0 aliphatic rings. The Hall–Kier alpha value is -3.04. The molecule has 0 aliphatic carbocycles. The average molecular weight is 359 g/mol. The molecule has 128 valence electrons. The Labute approximate surface area is 149 Å². The third kappa shape index (κ3) is 5.83. The number of esters is 1. The first-order chi connectivity index (χ1) is 12.0. The Kier molecular flexibility index (Phi) is 6.38. The van der Waals surface area contributed by atoms with Crippen molar-refractivity contribution >= 4 is 29.2 Å². The van der Waals surface area contributed by atoms with Crippen LogP contribution in [0.15, 0.2) is 42.5 Å². The van der Waals surface area contributed by atoms with Gasteiger partial charge in [0, 0.05) is 10.7 Å². The van der Waals surface area contributed by atoms with Gasteiger partial charge in [-0.05, 0) is 55.0 Å². The molecule has 0 heterocycles. The number of aryl methyl sites for hydroxylation is 1. The predicted molar refractivity (Wildman–Crippen MR) is 92.4 cm³/mol. The van der Waals surface area contributed by atoms with E-state index in [4.69, 9.17) is 26.3 Å². The number of anilines is 1. The van der Waals surface area contributed by atoms with Gasteiger partial charge in [-0.25, -0.2) is 4.79 Å². The van der Waals surface area contributed by atoms with Crippen molar-refractivity contribution in [3.05, 3.63) is 58.6 Å². The summed E-state index contributed by atoms with van der Waals surface area (Å²) in [6, 6.07) is 13.3. The highest BCUT2D eigenvalue weighted by Gasteiger charge is 2.10. The lowest BCUT2D eigenvalue weighted by Gasteiger charge is -2.09. The zero-order valence-electron chi connectivity index (χ0n) is 13.4. The van der Waals surface area contributed by atoms with Crippen LogP contribution in [-0.2, 0) is 14.3 Å². The van der Waals surface area contributed by atoms with Gasteiger partial charge in [0.1, 0.15) is 5.75 Å². The predicted octanol–water partition coefficient (Wildman–Crippen LogP) is 3.08. The van der Waals surface area contributed by atoms with Gasteiger partial charge in [0.15, 0.2) is 13.2 Å². The molecular weight excluding hydrogens is 344 g/mol. The molecule has 0 bridgehead atoms. The van der Waals surface area contributed by atoms with E-state index in [1.807, 2.05) is 6.07 Å². The number of nitrogens with zero attached hydrogens (tertiary/aromatic N) is 1. The van der Waals surface area contributed by atoms with Crippen LogP contribution in [0.3, 0.4) is 0 Å². The second-order valence-electron chi connectivity index (χ2n) is 5.10. The number of nitrogens with one attached hydrogen (secondary N) is 1. The third-order valence-electron chi connectivity index (χ3n) is 3.14. The van der Waals surface area contributed by atoms with Crippen LogP contribution in [0, 0.1) is 18.3 Å². The number of halogens is 1. The highest BCUT2D eigenvalue weighted by Crippen LogP contribution is 2.21. The number of amides is 1. The van der Waals surface area contributed by atoms with E-state index in [2.05, 4.69) is 5.32 Å². The second-order valence-corrected chi connectivity index (χ2v) is 5.53.